The standard InChI is InChI=1S/C16H15NOS2/c1-2-11-7-8-12(20-11)9-17-16(18)14-10-19-15-6-4-3-5-13(14)15/h3-8,10H,2,9H2,1H3,(H,17,18). The molecule has 1 aromatic carbocycles. The number of hydrogen-bond donors (Lipinski definition) is 1. The third-order valence-corrected chi connectivity index (χ3v) is 5.41. The van der Waals surface area contributed by atoms with Crippen LogP contribution in [-0.2, 0) is 13.0 Å². The average molecular weight is 301 g/mol. The van der Waals surface area contributed by atoms with E-state index in [0.29, 0.717) is 6.54 Å². The molecule has 0 spiro atoms. The molecule has 20 heavy (non-hydrogen) atoms. The van der Waals surface area contributed by atoms with Gasteiger partial charge in [-0.2, -0.15) is 0 Å². The highest BCUT2D eigenvalue weighted by Crippen LogP contribution is 2.25. The van der Waals surface area contributed by atoms with Crippen LogP contribution in [0.25, 0.3) is 10.1 Å². The molecule has 4 heteroatoms. The van der Waals surface area contributed by atoms with Gasteiger partial charge in [-0.3, -0.25) is 4.79 Å². The van der Waals surface area contributed by atoms with Crippen molar-refractivity contribution in [2.45, 2.75) is 19.9 Å². The minimum absolute atomic E-state index is 0.00824. The highest BCUT2D eigenvalue weighted by atomic mass is 32.1. The summed E-state index contributed by atoms with van der Waals surface area (Å²) in [5, 5.41) is 5.98. The second kappa shape index (κ2) is 5.77. The van der Waals surface area contributed by atoms with Crippen molar-refractivity contribution >= 4 is 38.7 Å². The summed E-state index contributed by atoms with van der Waals surface area (Å²) in [6.07, 6.45) is 1.05. The summed E-state index contributed by atoms with van der Waals surface area (Å²) in [5.41, 5.74) is 0.776. The molecular formula is C16H15NOS2. The van der Waals surface area contributed by atoms with Crippen LogP contribution in [0.4, 0.5) is 0 Å². The molecule has 2 nitrogen and oxygen atoms in total. The van der Waals surface area contributed by atoms with Gasteiger partial charge in [-0.1, -0.05) is 25.1 Å². The lowest BCUT2D eigenvalue weighted by Gasteiger charge is -2.02. The van der Waals surface area contributed by atoms with Crippen molar-refractivity contribution in [1.82, 2.24) is 5.32 Å². The third kappa shape index (κ3) is 2.62. The number of aryl methyl sites for hydroxylation is 1. The quantitative estimate of drug-likeness (QED) is 0.757. The molecule has 0 aliphatic heterocycles. The second-order valence-corrected chi connectivity index (χ2v) is 6.71. The number of nitrogens with one attached hydrogen (secondary N) is 1. The fraction of sp³-hybridized carbons (Fsp3) is 0.188. The van der Waals surface area contributed by atoms with Gasteiger partial charge in [0.2, 0.25) is 0 Å². The van der Waals surface area contributed by atoms with E-state index >= 15 is 0 Å². The van der Waals surface area contributed by atoms with E-state index in [1.165, 1.54) is 9.75 Å². The van der Waals surface area contributed by atoms with Crippen molar-refractivity contribution < 1.29 is 4.79 Å². The van der Waals surface area contributed by atoms with Crippen LogP contribution in [0.15, 0.2) is 41.8 Å². The maximum Gasteiger partial charge on any atom is 0.253 e. The van der Waals surface area contributed by atoms with Crippen molar-refractivity contribution in [2.24, 2.45) is 0 Å². The first kappa shape index (κ1) is 13.3. The average Bonchev–Trinajstić information content (AvgIpc) is 3.11. The first-order chi connectivity index (χ1) is 9.78. The van der Waals surface area contributed by atoms with Crippen LogP contribution in [0.5, 0.6) is 0 Å². The lowest BCUT2D eigenvalue weighted by Crippen LogP contribution is -2.21. The Hall–Kier alpha value is -1.65. The molecule has 0 saturated carbocycles. The number of amides is 1. The Morgan fingerprint density at radius 3 is 2.75 bits per heavy atom. The minimum Gasteiger partial charge on any atom is -0.347 e. The van der Waals surface area contributed by atoms with Crippen molar-refractivity contribution in [3.63, 3.8) is 0 Å². The molecule has 0 bridgehead atoms. The van der Waals surface area contributed by atoms with Crippen LogP contribution in [0.1, 0.15) is 27.0 Å². The van der Waals surface area contributed by atoms with Gasteiger partial charge < -0.3 is 5.32 Å². The molecule has 3 rings (SSSR count). The summed E-state index contributed by atoms with van der Waals surface area (Å²) in [6.45, 7) is 2.75. The predicted octanol–water partition coefficient (Wildman–Crippen LogP) is 4.46. The summed E-state index contributed by atoms with van der Waals surface area (Å²) < 4.78 is 1.15. The van der Waals surface area contributed by atoms with Crippen molar-refractivity contribution in [3.8, 4) is 0 Å². The van der Waals surface area contributed by atoms with Gasteiger partial charge in [-0.25, -0.2) is 0 Å². The molecule has 102 valence electrons. The van der Waals surface area contributed by atoms with E-state index < -0.39 is 0 Å². The van der Waals surface area contributed by atoms with Gasteiger partial charge in [0, 0.05) is 25.2 Å². The van der Waals surface area contributed by atoms with E-state index in [0.717, 1.165) is 22.1 Å². The van der Waals surface area contributed by atoms with Crippen LogP contribution >= 0.6 is 22.7 Å². The topological polar surface area (TPSA) is 29.1 Å². The summed E-state index contributed by atoms with van der Waals surface area (Å²) in [7, 11) is 0. The van der Waals surface area contributed by atoms with Gasteiger partial charge in [0.1, 0.15) is 0 Å². The fourth-order valence-electron chi connectivity index (χ4n) is 2.12. The Labute approximate surface area is 126 Å². The molecule has 0 fully saturated rings. The second-order valence-electron chi connectivity index (χ2n) is 4.55. The predicted molar refractivity (Wildman–Crippen MR) is 86.7 cm³/mol. The molecule has 1 N–H and O–H groups in total. The van der Waals surface area contributed by atoms with Gasteiger partial charge in [0.15, 0.2) is 0 Å². The zero-order valence-electron chi connectivity index (χ0n) is 11.2. The van der Waals surface area contributed by atoms with E-state index in [4.69, 9.17) is 0 Å². The third-order valence-electron chi connectivity index (χ3n) is 3.21. The van der Waals surface area contributed by atoms with Gasteiger partial charge in [-0.15, -0.1) is 22.7 Å². The minimum atomic E-state index is 0.00824. The zero-order valence-corrected chi connectivity index (χ0v) is 12.8. The maximum atomic E-state index is 12.3. The molecule has 2 aromatic heterocycles. The Balaban J connectivity index is 1.73. The molecular weight excluding hydrogens is 286 g/mol. The molecule has 0 atom stereocenters. The molecule has 0 saturated heterocycles. The van der Waals surface area contributed by atoms with Gasteiger partial charge in [-0.05, 0) is 24.6 Å². The fourth-order valence-corrected chi connectivity index (χ4v) is 3.96. The Morgan fingerprint density at radius 2 is 1.95 bits per heavy atom. The largest absolute Gasteiger partial charge is 0.347 e. The van der Waals surface area contributed by atoms with Gasteiger partial charge in [0.25, 0.3) is 5.91 Å². The zero-order chi connectivity index (χ0) is 13.9. The smallest absolute Gasteiger partial charge is 0.253 e. The first-order valence-electron chi connectivity index (χ1n) is 6.60. The maximum absolute atomic E-state index is 12.3. The van der Waals surface area contributed by atoms with Crippen LogP contribution < -0.4 is 5.32 Å². The summed E-state index contributed by atoms with van der Waals surface area (Å²) >= 11 is 3.38. The number of carbonyl (C=O) groups excluding carboxylic acids is 1. The number of hydrogen-bond acceptors (Lipinski definition) is 3. The van der Waals surface area contributed by atoms with E-state index in [2.05, 4.69) is 24.4 Å². The number of rotatable bonds is 4. The van der Waals surface area contributed by atoms with E-state index in [9.17, 15) is 4.79 Å². The van der Waals surface area contributed by atoms with Crippen LogP contribution in [0.2, 0.25) is 0 Å². The lowest BCUT2D eigenvalue weighted by molar-refractivity contribution is 0.0953. The van der Waals surface area contributed by atoms with Crippen LogP contribution in [-0.4, -0.2) is 5.91 Å². The summed E-state index contributed by atoms with van der Waals surface area (Å²) in [4.78, 5) is 14.8. The van der Waals surface area contributed by atoms with E-state index in [-0.39, 0.29) is 5.91 Å². The first-order valence-corrected chi connectivity index (χ1v) is 8.29. The SMILES string of the molecule is CCc1ccc(CNC(=O)c2csc3ccccc23)s1. The summed E-state index contributed by atoms with van der Waals surface area (Å²) in [5.74, 6) is 0.00824. The molecule has 0 aliphatic rings. The van der Waals surface area contributed by atoms with Crippen molar-refractivity contribution in [1.29, 1.82) is 0 Å². The number of carbonyl (C=O) groups is 1. The summed E-state index contributed by atoms with van der Waals surface area (Å²) in [6, 6.07) is 12.2. The number of benzene rings is 1. The number of fused-ring (bicyclic) bond motifs is 1. The monoisotopic (exact) mass is 301 g/mol. The van der Waals surface area contributed by atoms with Gasteiger partial charge >= 0.3 is 0 Å². The van der Waals surface area contributed by atoms with Gasteiger partial charge in [0.05, 0.1) is 12.1 Å². The highest BCUT2D eigenvalue weighted by molar-refractivity contribution is 7.17. The van der Waals surface area contributed by atoms with Crippen LogP contribution in [0, 0.1) is 0 Å². The molecule has 2 heterocycles. The Kier molecular flexibility index (Phi) is 3.85. The molecule has 0 radical (unpaired) electrons. The van der Waals surface area contributed by atoms with Crippen molar-refractivity contribution in [2.75, 3.05) is 0 Å². The number of thiophene rings is 2. The normalized spacial score (nSPS) is 10.8. The van der Waals surface area contributed by atoms with E-state index in [1.807, 2.05) is 29.6 Å². The Bertz CT molecular complexity index is 742. The van der Waals surface area contributed by atoms with Crippen molar-refractivity contribution in [3.05, 3.63) is 57.1 Å². The Morgan fingerprint density at radius 1 is 1.15 bits per heavy atom. The molecule has 0 unspecified atom stereocenters. The molecule has 0 aliphatic carbocycles. The lowest BCUT2D eigenvalue weighted by atomic mass is 10.1. The molecule has 3 aromatic rings. The van der Waals surface area contributed by atoms with Crippen LogP contribution in [0.3, 0.4) is 0 Å². The molecule has 1 amide bonds. The van der Waals surface area contributed by atoms with E-state index in [1.54, 1.807) is 22.7 Å². The highest BCUT2D eigenvalue weighted by Gasteiger charge is 2.11.